The quantitative estimate of drug-likeness (QED) is 0.867. The number of alkyl halides is 3. The minimum Gasteiger partial charge on any atom is -0.373 e. The lowest BCUT2D eigenvalue weighted by atomic mass is 10.1. The van der Waals surface area contributed by atoms with Crippen molar-refractivity contribution in [1.29, 1.82) is 0 Å². The molecule has 2 heterocycles. The molecular formula is C16H16ClF3N4O. The Morgan fingerprint density at radius 2 is 2.20 bits per heavy atom. The fraction of sp³-hybridized carbons (Fsp3) is 0.375. The molecule has 0 saturated heterocycles. The molecule has 1 unspecified atom stereocenters. The van der Waals surface area contributed by atoms with Gasteiger partial charge in [0.05, 0.1) is 6.54 Å². The van der Waals surface area contributed by atoms with Crippen LogP contribution in [-0.2, 0) is 23.9 Å². The van der Waals surface area contributed by atoms with E-state index in [4.69, 9.17) is 11.6 Å². The van der Waals surface area contributed by atoms with Crippen LogP contribution in [0.1, 0.15) is 17.0 Å². The topological polar surface area (TPSA) is 59.0 Å². The van der Waals surface area contributed by atoms with Crippen LogP contribution in [0.2, 0.25) is 5.02 Å². The molecule has 25 heavy (non-hydrogen) atoms. The van der Waals surface area contributed by atoms with Crippen molar-refractivity contribution in [3.8, 4) is 0 Å². The van der Waals surface area contributed by atoms with Crippen molar-refractivity contribution in [1.82, 2.24) is 15.1 Å². The lowest BCUT2D eigenvalue weighted by Gasteiger charge is -2.12. The van der Waals surface area contributed by atoms with E-state index in [1.54, 1.807) is 13.0 Å². The van der Waals surface area contributed by atoms with Gasteiger partial charge in [-0.25, -0.2) is 0 Å². The van der Waals surface area contributed by atoms with Gasteiger partial charge < -0.3 is 10.6 Å². The smallest absolute Gasteiger partial charge is 0.373 e. The second kappa shape index (κ2) is 6.59. The van der Waals surface area contributed by atoms with E-state index in [9.17, 15) is 18.0 Å². The van der Waals surface area contributed by atoms with Crippen LogP contribution >= 0.6 is 11.6 Å². The van der Waals surface area contributed by atoms with Crippen LogP contribution < -0.4 is 10.6 Å². The van der Waals surface area contributed by atoms with E-state index in [1.807, 2.05) is 12.1 Å². The van der Waals surface area contributed by atoms with Gasteiger partial charge in [-0.05, 0) is 36.8 Å². The Labute approximate surface area is 147 Å². The van der Waals surface area contributed by atoms with Crippen molar-refractivity contribution in [3.63, 3.8) is 0 Å². The van der Waals surface area contributed by atoms with Crippen molar-refractivity contribution >= 4 is 23.2 Å². The maximum atomic E-state index is 12.6. The third-order valence-corrected chi connectivity index (χ3v) is 4.27. The number of anilines is 1. The van der Waals surface area contributed by atoms with E-state index >= 15 is 0 Å². The number of halogens is 4. The highest BCUT2D eigenvalue weighted by molar-refractivity contribution is 6.30. The van der Waals surface area contributed by atoms with Crippen molar-refractivity contribution < 1.29 is 18.0 Å². The van der Waals surface area contributed by atoms with Gasteiger partial charge in [-0.1, -0.05) is 11.6 Å². The molecule has 3 rings (SSSR count). The van der Waals surface area contributed by atoms with E-state index in [0.717, 1.165) is 17.3 Å². The molecule has 0 radical (unpaired) electrons. The number of aryl methyl sites for hydroxylation is 1. The largest absolute Gasteiger partial charge is 0.435 e. The monoisotopic (exact) mass is 372 g/mol. The van der Waals surface area contributed by atoms with Gasteiger partial charge in [-0.2, -0.15) is 18.3 Å². The second-order valence-electron chi connectivity index (χ2n) is 5.89. The zero-order valence-corrected chi connectivity index (χ0v) is 14.1. The number of fused-ring (bicyclic) bond motifs is 1. The maximum absolute atomic E-state index is 12.6. The summed E-state index contributed by atoms with van der Waals surface area (Å²) in [6.07, 6.45) is -3.96. The average molecular weight is 373 g/mol. The molecule has 1 atom stereocenters. The Morgan fingerprint density at radius 3 is 2.88 bits per heavy atom. The Bertz CT molecular complexity index is 803. The molecule has 5 nitrogen and oxygen atoms in total. The highest BCUT2D eigenvalue weighted by atomic mass is 35.5. The standard InChI is InChI=1S/C16H16ClF3N4O/c1-9-6-14(16(18,19)20)23-24(9)5-4-21-15(25)13-8-10-7-11(17)2-3-12(10)22-13/h2-3,6-7,13,22H,4-5,8H2,1H3,(H,21,25). The van der Waals surface area contributed by atoms with E-state index in [2.05, 4.69) is 15.7 Å². The van der Waals surface area contributed by atoms with Gasteiger partial charge in [-0.15, -0.1) is 0 Å². The number of benzene rings is 1. The van der Waals surface area contributed by atoms with Crippen LogP contribution in [0.5, 0.6) is 0 Å². The summed E-state index contributed by atoms with van der Waals surface area (Å²) in [4.78, 5) is 12.2. The van der Waals surface area contributed by atoms with Crippen molar-refractivity contribution in [2.24, 2.45) is 0 Å². The molecule has 1 aliphatic rings. The Balaban J connectivity index is 1.53. The molecule has 0 aliphatic carbocycles. The van der Waals surface area contributed by atoms with Crippen molar-refractivity contribution in [3.05, 3.63) is 46.2 Å². The number of rotatable bonds is 4. The number of hydrogen-bond acceptors (Lipinski definition) is 3. The summed E-state index contributed by atoms with van der Waals surface area (Å²) in [5, 5.41) is 9.96. The third kappa shape index (κ3) is 3.89. The van der Waals surface area contributed by atoms with Crippen LogP contribution in [0.3, 0.4) is 0 Å². The first-order chi connectivity index (χ1) is 11.7. The van der Waals surface area contributed by atoms with E-state index < -0.39 is 17.9 Å². The summed E-state index contributed by atoms with van der Waals surface area (Å²) < 4.78 is 39.1. The number of nitrogens with zero attached hydrogens (tertiary/aromatic N) is 2. The van der Waals surface area contributed by atoms with Gasteiger partial charge in [0.1, 0.15) is 6.04 Å². The molecular weight excluding hydrogens is 357 g/mol. The Kier molecular flexibility index (Phi) is 4.64. The highest BCUT2D eigenvalue weighted by Crippen LogP contribution is 2.29. The third-order valence-electron chi connectivity index (χ3n) is 4.03. The second-order valence-corrected chi connectivity index (χ2v) is 6.32. The number of hydrogen-bond donors (Lipinski definition) is 2. The van der Waals surface area contributed by atoms with Crippen LogP contribution in [0.15, 0.2) is 24.3 Å². The Morgan fingerprint density at radius 1 is 1.44 bits per heavy atom. The molecule has 2 N–H and O–H groups in total. The van der Waals surface area contributed by atoms with Gasteiger partial charge in [0.15, 0.2) is 5.69 Å². The predicted molar refractivity (Wildman–Crippen MR) is 87.5 cm³/mol. The number of nitrogens with one attached hydrogen (secondary N) is 2. The van der Waals surface area contributed by atoms with Gasteiger partial charge in [0.25, 0.3) is 0 Å². The minimum absolute atomic E-state index is 0.166. The number of carbonyl (C=O) groups excluding carboxylic acids is 1. The number of amides is 1. The van der Waals surface area contributed by atoms with Gasteiger partial charge in [0, 0.05) is 29.4 Å². The van der Waals surface area contributed by atoms with Gasteiger partial charge in [0.2, 0.25) is 5.91 Å². The molecule has 1 aromatic heterocycles. The summed E-state index contributed by atoms with van der Waals surface area (Å²) in [7, 11) is 0. The summed E-state index contributed by atoms with van der Waals surface area (Å²) in [5.41, 5.74) is 1.29. The summed E-state index contributed by atoms with van der Waals surface area (Å²) in [5.74, 6) is -0.215. The first-order valence-corrected chi connectivity index (χ1v) is 8.06. The van der Waals surface area contributed by atoms with Crippen LogP contribution in [0.25, 0.3) is 0 Å². The highest BCUT2D eigenvalue weighted by Gasteiger charge is 2.34. The number of aromatic nitrogens is 2. The van der Waals surface area contributed by atoms with Gasteiger partial charge in [-0.3, -0.25) is 9.48 Å². The lowest BCUT2D eigenvalue weighted by Crippen LogP contribution is -2.39. The molecule has 1 amide bonds. The van der Waals surface area contributed by atoms with Crippen LogP contribution in [-0.4, -0.2) is 28.3 Å². The fourth-order valence-electron chi connectivity index (χ4n) is 2.77. The molecule has 1 aliphatic heterocycles. The molecule has 0 saturated carbocycles. The van der Waals surface area contributed by atoms with Crippen molar-refractivity contribution in [2.75, 3.05) is 11.9 Å². The zero-order chi connectivity index (χ0) is 18.2. The molecule has 1 aromatic carbocycles. The minimum atomic E-state index is -4.47. The Hall–Kier alpha value is -2.22. The maximum Gasteiger partial charge on any atom is 0.435 e. The fourth-order valence-corrected chi connectivity index (χ4v) is 2.97. The SMILES string of the molecule is Cc1cc(C(F)(F)F)nn1CCNC(=O)C1Cc2cc(Cl)ccc2N1. The average Bonchev–Trinajstić information content (AvgIpc) is 3.10. The number of carbonyl (C=O) groups is 1. The molecule has 134 valence electrons. The molecule has 9 heteroatoms. The molecule has 0 spiro atoms. The lowest BCUT2D eigenvalue weighted by molar-refractivity contribution is -0.141. The molecule has 2 aromatic rings. The van der Waals surface area contributed by atoms with Crippen LogP contribution in [0.4, 0.5) is 18.9 Å². The zero-order valence-electron chi connectivity index (χ0n) is 13.3. The molecule has 0 fully saturated rings. The summed E-state index contributed by atoms with van der Waals surface area (Å²) in [6.45, 7) is 1.90. The van der Waals surface area contributed by atoms with E-state index in [1.165, 1.54) is 4.68 Å². The van der Waals surface area contributed by atoms with Crippen LogP contribution in [0, 0.1) is 6.92 Å². The molecule has 0 bridgehead atoms. The van der Waals surface area contributed by atoms with E-state index in [0.29, 0.717) is 17.1 Å². The van der Waals surface area contributed by atoms with Gasteiger partial charge >= 0.3 is 6.18 Å². The van der Waals surface area contributed by atoms with E-state index in [-0.39, 0.29) is 19.0 Å². The first-order valence-electron chi connectivity index (χ1n) is 7.68. The van der Waals surface area contributed by atoms with Crippen molar-refractivity contribution in [2.45, 2.75) is 32.1 Å². The first kappa shape index (κ1) is 17.6. The summed E-state index contributed by atoms with van der Waals surface area (Å²) >= 11 is 5.93. The summed E-state index contributed by atoms with van der Waals surface area (Å²) in [6, 6.07) is 5.94. The normalized spacial score (nSPS) is 16.4. The predicted octanol–water partition coefficient (Wildman–Crippen LogP) is 3.02.